The van der Waals surface area contributed by atoms with Gasteiger partial charge in [0.05, 0.1) is 12.1 Å². The van der Waals surface area contributed by atoms with Gasteiger partial charge in [-0.05, 0) is 58.5 Å². The molecule has 0 radical (unpaired) electrons. The Kier molecular flexibility index (Phi) is 4.76. The van der Waals surface area contributed by atoms with Crippen LogP contribution in [0.25, 0.3) is 0 Å². The van der Waals surface area contributed by atoms with E-state index in [4.69, 9.17) is 11.6 Å². The summed E-state index contributed by atoms with van der Waals surface area (Å²) < 4.78 is 13.6. The minimum absolute atomic E-state index is 0.146. The smallest absolute Gasteiger partial charge is 0.228 e. The van der Waals surface area contributed by atoms with Crippen LogP contribution in [0.15, 0.2) is 42.5 Å². The van der Waals surface area contributed by atoms with Crippen molar-refractivity contribution in [3.63, 3.8) is 0 Å². The summed E-state index contributed by atoms with van der Waals surface area (Å²) in [4.78, 5) is 11.9. The maximum absolute atomic E-state index is 12.7. The molecule has 0 aliphatic carbocycles. The van der Waals surface area contributed by atoms with E-state index in [2.05, 4.69) is 27.9 Å². The van der Waals surface area contributed by atoms with E-state index in [1.165, 1.54) is 12.1 Å². The lowest BCUT2D eigenvalue weighted by atomic mass is 10.1. The summed E-state index contributed by atoms with van der Waals surface area (Å²) in [6.45, 7) is 0. The molecule has 0 unspecified atom stereocenters. The molecule has 0 fully saturated rings. The first kappa shape index (κ1) is 14.3. The minimum atomic E-state index is -0.309. The van der Waals surface area contributed by atoms with Gasteiger partial charge in [0.1, 0.15) is 5.82 Å². The van der Waals surface area contributed by atoms with Crippen molar-refractivity contribution < 1.29 is 9.18 Å². The Morgan fingerprint density at radius 1 is 1.21 bits per heavy atom. The van der Waals surface area contributed by atoms with E-state index in [1.54, 1.807) is 30.3 Å². The summed E-state index contributed by atoms with van der Waals surface area (Å²) in [7, 11) is 0. The van der Waals surface area contributed by atoms with Crippen LogP contribution in [0.4, 0.5) is 10.1 Å². The van der Waals surface area contributed by atoms with Crippen molar-refractivity contribution in [2.45, 2.75) is 6.42 Å². The van der Waals surface area contributed by atoms with Gasteiger partial charge in [-0.15, -0.1) is 0 Å². The van der Waals surface area contributed by atoms with Crippen molar-refractivity contribution in [1.29, 1.82) is 0 Å². The second kappa shape index (κ2) is 6.34. The van der Waals surface area contributed by atoms with Gasteiger partial charge >= 0.3 is 0 Å². The molecule has 2 aromatic rings. The zero-order chi connectivity index (χ0) is 13.8. The summed E-state index contributed by atoms with van der Waals surface area (Å²) in [6, 6.07) is 11.1. The number of anilines is 1. The lowest BCUT2D eigenvalue weighted by molar-refractivity contribution is -0.115. The normalized spacial score (nSPS) is 10.3. The van der Waals surface area contributed by atoms with E-state index < -0.39 is 0 Å². The van der Waals surface area contributed by atoms with Crippen LogP contribution in [0.5, 0.6) is 0 Å². The molecule has 1 amide bonds. The maximum Gasteiger partial charge on any atom is 0.228 e. The predicted molar refractivity (Wildman–Crippen MR) is 82.9 cm³/mol. The summed E-state index contributed by atoms with van der Waals surface area (Å²) in [5, 5.41) is 3.43. The predicted octanol–water partition coefficient (Wildman–Crippen LogP) is 4.26. The third-order valence-electron chi connectivity index (χ3n) is 2.48. The number of rotatable bonds is 3. The van der Waals surface area contributed by atoms with Crippen LogP contribution in [-0.4, -0.2) is 5.91 Å². The fraction of sp³-hybridized carbons (Fsp3) is 0.0714. The average molecular weight is 390 g/mol. The zero-order valence-electron chi connectivity index (χ0n) is 9.79. The maximum atomic E-state index is 12.7. The van der Waals surface area contributed by atoms with Crippen molar-refractivity contribution in [1.82, 2.24) is 0 Å². The molecular formula is C14H10ClFINO. The zero-order valence-corrected chi connectivity index (χ0v) is 12.7. The van der Waals surface area contributed by atoms with Gasteiger partial charge in [-0.25, -0.2) is 4.39 Å². The van der Waals surface area contributed by atoms with Crippen molar-refractivity contribution in [2.75, 3.05) is 5.32 Å². The van der Waals surface area contributed by atoms with Crippen molar-refractivity contribution in [3.05, 3.63) is 62.4 Å². The van der Waals surface area contributed by atoms with Crippen molar-refractivity contribution in [2.24, 2.45) is 0 Å². The van der Waals surface area contributed by atoms with Gasteiger partial charge in [0.2, 0.25) is 5.91 Å². The van der Waals surface area contributed by atoms with Gasteiger partial charge in [0.15, 0.2) is 0 Å². The second-order valence-corrected chi connectivity index (χ2v) is 5.57. The fourth-order valence-corrected chi connectivity index (χ4v) is 2.58. The Morgan fingerprint density at radius 2 is 1.89 bits per heavy atom. The Labute approximate surface area is 129 Å². The fourth-order valence-electron chi connectivity index (χ4n) is 1.57. The molecule has 0 saturated carbocycles. The molecule has 0 aliphatic rings. The molecule has 2 aromatic carbocycles. The molecule has 0 aliphatic heterocycles. The molecule has 0 spiro atoms. The van der Waals surface area contributed by atoms with Crippen LogP contribution in [-0.2, 0) is 11.2 Å². The highest BCUT2D eigenvalue weighted by Gasteiger charge is 2.07. The Balaban J connectivity index is 2.03. The monoisotopic (exact) mass is 389 g/mol. The molecular weight excluding hydrogens is 380 g/mol. The van der Waals surface area contributed by atoms with Crippen molar-refractivity contribution >= 4 is 45.8 Å². The van der Waals surface area contributed by atoms with Gasteiger partial charge in [0.25, 0.3) is 0 Å². The molecule has 0 saturated heterocycles. The molecule has 0 bridgehead atoms. The summed E-state index contributed by atoms with van der Waals surface area (Å²) >= 11 is 7.95. The van der Waals surface area contributed by atoms with Crippen molar-refractivity contribution in [3.8, 4) is 0 Å². The van der Waals surface area contributed by atoms with Gasteiger partial charge in [0, 0.05) is 8.59 Å². The third-order valence-corrected chi connectivity index (χ3v) is 3.61. The summed E-state index contributed by atoms with van der Waals surface area (Å²) in [5.74, 6) is -0.455. The van der Waals surface area contributed by atoms with Crippen LogP contribution in [0.3, 0.4) is 0 Å². The van der Waals surface area contributed by atoms with E-state index in [0.29, 0.717) is 5.02 Å². The van der Waals surface area contributed by atoms with E-state index in [9.17, 15) is 9.18 Å². The molecule has 1 N–H and O–H groups in total. The van der Waals surface area contributed by atoms with Crippen LogP contribution in [0.2, 0.25) is 5.02 Å². The van der Waals surface area contributed by atoms with E-state index >= 15 is 0 Å². The number of benzene rings is 2. The molecule has 98 valence electrons. The second-order valence-electron chi connectivity index (χ2n) is 3.98. The van der Waals surface area contributed by atoms with Crippen LogP contribution >= 0.6 is 34.2 Å². The number of carbonyl (C=O) groups excluding carboxylic acids is 1. The number of halogens is 3. The van der Waals surface area contributed by atoms with Gasteiger partial charge in [-0.1, -0.05) is 23.7 Å². The lowest BCUT2D eigenvalue weighted by Gasteiger charge is -2.07. The molecule has 19 heavy (non-hydrogen) atoms. The van der Waals surface area contributed by atoms with Gasteiger partial charge in [-0.3, -0.25) is 4.79 Å². The Bertz CT molecular complexity index is 601. The third kappa shape index (κ3) is 4.18. The summed E-state index contributed by atoms with van der Waals surface area (Å²) in [6.07, 6.45) is 0.207. The standard InChI is InChI=1S/C14H10ClFINO/c15-10-3-6-13(12(17)8-10)18-14(19)7-9-1-4-11(16)5-2-9/h1-6,8H,7H2,(H,18,19). The number of carbonyl (C=O) groups is 1. The molecule has 2 nitrogen and oxygen atoms in total. The first-order valence-corrected chi connectivity index (χ1v) is 6.99. The molecule has 0 heterocycles. The highest BCUT2D eigenvalue weighted by atomic mass is 127. The van der Waals surface area contributed by atoms with E-state index in [-0.39, 0.29) is 18.1 Å². The Hall–Kier alpha value is -1.14. The minimum Gasteiger partial charge on any atom is -0.325 e. The van der Waals surface area contributed by atoms with E-state index in [1.807, 2.05) is 0 Å². The topological polar surface area (TPSA) is 29.1 Å². The lowest BCUT2D eigenvalue weighted by Crippen LogP contribution is -2.15. The number of amides is 1. The van der Waals surface area contributed by atoms with Gasteiger partial charge < -0.3 is 5.32 Å². The average Bonchev–Trinajstić information content (AvgIpc) is 2.36. The molecule has 0 atom stereocenters. The number of nitrogens with one attached hydrogen (secondary N) is 1. The molecule has 2 rings (SSSR count). The van der Waals surface area contributed by atoms with Crippen LogP contribution in [0, 0.1) is 9.39 Å². The van der Waals surface area contributed by atoms with Crippen LogP contribution in [0.1, 0.15) is 5.56 Å². The largest absolute Gasteiger partial charge is 0.325 e. The number of hydrogen-bond donors (Lipinski definition) is 1. The molecule has 5 heteroatoms. The highest BCUT2D eigenvalue weighted by Crippen LogP contribution is 2.22. The molecule has 0 aromatic heterocycles. The van der Waals surface area contributed by atoms with E-state index in [0.717, 1.165) is 14.8 Å². The Morgan fingerprint density at radius 3 is 2.53 bits per heavy atom. The van der Waals surface area contributed by atoms with Gasteiger partial charge in [-0.2, -0.15) is 0 Å². The first-order valence-electron chi connectivity index (χ1n) is 5.54. The summed E-state index contributed by atoms with van der Waals surface area (Å²) in [5.41, 5.74) is 1.49. The van der Waals surface area contributed by atoms with Crippen LogP contribution < -0.4 is 5.32 Å². The highest BCUT2D eigenvalue weighted by molar-refractivity contribution is 14.1. The first-order chi connectivity index (χ1) is 9.04. The SMILES string of the molecule is O=C(Cc1ccc(F)cc1)Nc1ccc(Cl)cc1I. The quantitative estimate of drug-likeness (QED) is 0.781. The number of hydrogen-bond acceptors (Lipinski definition) is 1.